The predicted molar refractivity (Wildman–Crippen MR) is 72.4 cm³/mol. The number of aromatic amines is 1. The van der Waals surface area contributed by atoms with Gasteiger partial charge in [-0.05, 0) is 12.0 Å². The zero-order valence-electron chi connectivity index (χ0n) is 11.0. The molecule has 0 unspecified atom stereocenters. The molecule has 1 atom stereocenters. The van der Waals surface area contributed by atoms with Gasteiger partial charge in [-0.25, -0.2) is 4.98 Å². The number of amides is 1. The number of benzene rings is 1. The van der Waals surface area contributed by atoms with Gasteiger partial charge in [0.25, 0.3) is 0 Å². The van der Waals surface area contributed by atoms with Crippen LogP contribution in [0.3, 0.4) is 0 Å². The SMILES string of the molecule is C[C@@H](Cc1ccccc1)C(=O)NCCc1ncn[nH]1. The molecule has 0 radical (unpaired) electrons. The molecule has 1 aromatic heterocycles. The lowest BCUT2D eigenvalue weighted by molar-refractivity contribution is -0.124. The maximum absolute atomic E-state index is 11.9. The number of aromatic nitrogens is 3. The van der Waals surface area contributed by atoms with E-state index in [0.717, 1.165) is 12.2 Å². The van der Waals surface area contributed by atoms with Crippen LogP contribution < -0.4 is 5.32 Å². The van der Waals surface area contributed by atoms with Crippen LogP contribution in [0.25, 0.3) is 0 Å². The molecule has 1 aromatic carbocycles. The van der Waals surface area contributed by atoms with Gasteiger partial charge >= 0.3 is 0 Å². The summed E-state index contributed by atoms with van der Waals surface area (Å²) in [6.45, 7) is 2.52. The fourth-order valence-electron chi connectivity index (χ4n) is 1.89. The molecule has 1 heterocycles. The van der Waals surface area contributed by atoms with E-state index in [1.165, 1.54) is 11.9 Å². The third kappa shape index (κ3) is 4.21. The summed E-state index contributed by atoms with van der Waals surface area (Å²) in [7, 11) is 0. The van der Waals surface area contributed by atoms with Crippen molar-refractivity contribution in [2.75, 3.05) is 6.54 Å². The van der Waals surface area contributed by atoms with Crippen molar-refractivity contribution >= 4 is 5.91 Å². The van der Waals surface area contributed by atoms with Crippen LogP contribution in [0, 0.1) is 5.92 Å². The molecule has 5 nitrogen and oxygen atoms in total. The Labute approximate surface area is 112 Å². The van der Waals surface area contributed by atoms with Gasteiger partial charge in [0.15, 0.2) is 0 Å². The first-order chi connectivity index (χ1) is 9.25. The second-order valence-electron chi connectivity index (χ2n) is 4.56. The summed E-state index contributed by atoms with van der Waals surface area (Å²) in [4.78, 5) is 15.9. The van der Waals surface area contributed by atoms with Gasteiger partial charge in [0.2, 0.25) is 5.91 Å². The average molecular weight is 258 g/mol. The molecule has 0 saturated carbocycles. The first-order valence-corrected chi connectivity index (χ1v) is 6.41. The van der Waals surface area contributed by atoms with Crippen molar-refractivity contribution in [1.82, 2.24) is 20.5 Å². The predicted octanol–water partition coefficient (Wildman–Crippen LogP) is 1.34. The van der Waals surface area contributed by atoms with Crippen LogP contribution in [0.5, 0.6) is 0 Å². The number of rotatable bonds is 6. The van der Waals surface area contributed by atoms with Crippen molar-refractivity contribution in [2.45, 2.75) is 19.8 Å². The van der Waals surface area contributed by atoms with Gasteiger partial charge in [0.05, 0.1) is 0 Å². The number of carbonyl (C=O) groups excluding carboxylic acids is 1. The van der Waals surface area contributed by atoms with E-state index in [1.807, 2.05) is 37.3 Å². The first-order valence-electron chi connectivity index (χ1n) is 6.41. The Morgan fingerprint density at radius 1 is 1.37 bits per heavy atom. The molecule has 0 aliphatic carbocycles. The van der Waals surface area contributed by atoms with E-state index in [0.29, 0.717) is 13.0 Å². The minimum absolute atomic E-state index is 0.0304. The van der Waals surface area contributed by atoms with E-state index >= 15 is 0 Å². The molecule has 0 aliphatic heterocycles. The molecule has 0 saturated heterocycles. The van der Waals surface area contributed by atoms with Crippen LogP contribution in [0.2, 0.25) is 0 Å². The normalized spacial score (nSPS) is 12.1. The smallest absolute Gasteiger partial charge is 0.223 e. The lowest BCUT2D eigenvalue weighted by Gasteiger charge is -2.11. The fraction of sp³-hybridized carbons (Fsp3) is 0.357. The number of H-pyrrole nitrogens is 1. The first kappa shape index (κ1) is 13.3. The van der Waals surface area contributed by atoms with E-state index in [-0.39, 0.29) is 11.8 Å². The third-order valence-corrected chi connectivity index (χ3v) is 2.96. The number of nitrogens with one attached hydrogen (secondary N) is 2. The van der Waals surface area contributed by atoms with Gasteiger partial charge in [-0.2, -0.15) is 5.10 Å². The Morgan fingerprint density at radius 3 is 2.84 bits per heavy atom. The molecule has 100 valence electrons. The standard InChI is InChI=1S/C14H18N4O/c1-11(9-12-5-3-2-4-6-12)14(19)15-8-7-13-16-10-17-18-13/h2-6,10-11H,7-9H2,1H3,(H,15,19)(H,16,17,18)/t11-/m0/s1. The number of hydrogen-bond acceptors (Lipinski definition) is 3. The van der Waals surface area contributed by atoms with E-state index in [1.54, 1.807) is 0 Å². The van der Waals surface area contributed by atoms with E-state index in [2.05, 4.69) is 20.5 Å². The monoisotopic (exact) mass is 258 g/mol. The zero-order valence-corrected chi connectivity index (χ0v) is 11.0. The Kier molecular flexibility index (Phi) is 4.66. The minimum atomic E-state index is -0.0304. The van der Waals surface area contributed by atoms with Crippen molar-refractivity contribution in [1.29, 1.82) is 0 Å². The molecule has 0 aliphatic rings. The van der Waals surface area contributed by atoms with Crippen molar-refractivity contribution in [3.05, 3.63) is 48.0 Å². The lowest BCUT2D eigenvalue weighted by Crippen LogP contribution is -2.32. The number of nitrogens with zero attached hydrogens (tertiary/aromatic N) is 2. The zero-order chi connectivity index (χ0) is 13.5. The summed E-state index contributed by atoms with van der Waals surface area (Å²) in [5.41, 5.74) is 1.18. The van der Waals surface area contributed by atoms with Gasteiger partial charge in [-0.15, -0.1) is 0 Å². The van der Waals surface area contributed by atoms with Crippen molar-refractivity contribution < 1.29 is 4.79 Å². The average Bonchev–Trinajstić information content (AvgIpc) is 2.93. The largest absolute Gasteiger partial charge is 0.355 e. The molecule has 2 aromatic rings. The molecule has 0 spiro atoms. The van der Waals surface area contributed by atoms with Gasteiger partial charge in [-0.3, -0.25) is 9.89 Å². The molecular formula is C14H18N4O. The number of hydrogen-bond donors (Lipinski definition) is 2. The molecule has 2 N–H and O–H groups in total. The maximum Gasteiger partial charge on any atom is 0.223 e. The molecule has 0 bridgehead atoms. The summed E-state index contributed by atoms with van der Waals surface area (Å²) >= 11 is 0. The van der Waals surface area contributed by atoms with Gasteiger partial charge in [-0.1, -0.05) is 37.3 Å². The van der Waals surface area contributed by atoms with E-state index in [4.69, 9.17) is 0 Å². The lowest BCUT2D eigenvalue weighted by atomic mass is 10.0. The topological polar surface area (TPSA) is 70.7 Å². The van der Waals surface area contributed by atoms with Crippen LogP contribution in [0.1, 0.15) is 18.3 Å². The quantitative estimate of drug-likeness (QED) is 0.821. The fourth-order valence-corrected chi connectivity index (χ4v) is 1.89. The number of carbonyl (C=O) groups is 1. The molecule has 19 heavy (non-hydrogen) atoms. The Bertz CT molecular complexity index is 495. The summed E-state index contributed by atoms with van der Waals surface area (Å²) < 4.78 is 0. The highest BCUT2D eigenvalue weighted by molar-refractivity contribution is 5.78. The van der Waals surface area contributed by atoms with Gasteiger partial charge < -0.3 is 5.32 Å². The van der Waals surface area contributed by atoms with Crippen molar-refractivity contribution in [3.63, 3.8) is 0 Å². The molecule has 0 fully saturated rings. The molecule has 5 heteroatoms. The minimum Gasteiger partial charge on any atom is -0.355 e. The van der Waals surface area contributed by atoms with Gasteiger partial charge in [0, 0.05) is 18.9 Å². The molecule has 1 amide bonds. The van der Waals surface area contributed by atoms with Crippen LogP contribution in [-0.2, 0) is 17.6 Å². The summed E-state index contributed by atoms with van der Waals surface area (Å²) in [6.07, 6.45) is 2.90. The van der Waals surface area contributed by atoms with E-state index < -0.39 is 0 Å². The Morgan fingerprint density at radius 2 is 2.16 bits per heavy atom. The second kappa shape index (κ2) is 6.68. The Balaban J connectivity index is 1.73. The molecular weight excluding hydrogens is 240 g/mol. The van der Waals surface area contributed by atoms with Crippen LogP contribution in [0.15, 0.2) is 36.7 Å². The van der Waals surface area contributed by atoms with E-state index in [9.17, 15) is 4.79 Å². The van der Waals surface area contributed by atoms with Crippen molar-refractivity contribution in [3.8, 4) is 0 Å². The van der Waals surface area contributed by atoms with Crippen LogP contribution in [-0.4, -0.2) is 27.6 Å². The van der Waals surface area contributed by atoms with Crippen molar-refractivity contribution in [2.24, 2.45) is 5.92 Å². The Hall–Kier alpha value is -2.17. The molecule has 2 rings (SSSR count). The highest BCUT2D eigenvalue weighted by Crippen LogP contribution is 2.08. The third-order valence-electron chi connectivity index (χ3n) is 2.96. The highest BCUT2D eigenvalue weighted by Gasteiger charge is 2.12. The highest BCUT2D eigenvalue weighted by atomic mass is 16.1. The second-order valence-corrected chi connectivity index (χ2v) is 4.56. The van der Waals surface area contributed by atoms with Crippen LogP contribution >= 0.6 is 0 Å². The van der Waals surface area contributed by atoms with Gasteiger partial charge in [0.1, 0.15) is 12.2 Å². The summed E-state index contributed by atoms with van der Waals surface area (Å²) in [5.74, 6) is 0.830. The van der Waals surface area contributed by atoms with Crippen LogP contribution in [0.4, 0.5) is 0 Å². The maximum atomic E-state index is 11.9. The summed E-state index contributed by atoms with van der Waals surface area (Å²) in [6, 6.07) is 10.0. The summed E-state index contributed by atoms with van der Waals surface area (Å²) in [5, 5.41) is 9.44.